The average Bonchev–Trinajstić information content (AvgIpc) is 3.37. The van der Waals surface area contributed by atoms with Crippen LogP contribution in [0, 0.1) is 6.92 Å². The summed E-state index contributed by atoms with van der Waals surface area (Å²) in [5, 5.41) is 15.3. The number of rotatable bonds is 7. The van der Waals surface area contributed by atoms with Crippen molar-refractivity contribution < 1.29 is 5.11 Å². The van der Waals surface area contributed by atoms with Crippen LogP contribution < -0.4 is 4.90 Å². The summed E-state index contributed by atoms with van der Waals surface area (Å²) in [6.07, 6.45) is -0.503. The summed E-state index contributed by atoms with van der Waals surface area (Å²) in [5.74, 6) is 0. The molecule has 1 N–H and O–H groups in total. The number of fused-ring (bicyclic) bond motifs is 3. The molecule has 1 saturated heterocycles. The molecule has 0 amide bonds. The Hall–Kier alpha value is -4.38. The molecule has 210 valence electrons. The summed E-state index contributed by atoms with van der Waals surface area (Å²) in [6.45, 7) is 7.15. The van der Waals surface area contributed by atoms with E-state index in [1.54, 1.807) is 0 Å². The first kappa shape index (κ1) is 26.5. The molecule has 6 aromatic rings. The first-order valence-corrected chi connectivity index (χ1v) is 15.0. The van der Waals surface area contributed by atoms with E-state index in [2.05, 4.69) is 143 Å². The Morgan fingerprint density at radius 3 is 1.98 bits per heavy atom. The third-order valence-corrected chi connectivity index (χ3v) is 8.69. The molecule has 0 bridgehead atoms. The van der Waals surface area contributed by atoms with Crippen molar-refractivity contribution in [1.82, 2.24) is 9.47 Å². The van der Waals surface area contributed by atoms with Crippen molar-refractivity contribution in [3.05, 3.63) is 127 Å². The normalized spacial score (nSPS) is 15.0. The summed E-state index contributed by atoms with van der Waals surface area (Å²) < 4.78 is 2.39. The highest BCUT2D eigenvalue weighted by molar-refractivity contribution is 6.15. The van der Waals surface area contributed by atoms with Crippen LogP contribution in [-0.4, -0.2) is 53.4 Å². The Labute approximate surface area is 248 Å². The molecule has 5 aromatic carbocycles. The first-order chi connectivity index (χ1) is 20.7. The Bertz CT molecular complexity index is 1800. The highest BCUT2D eigenvalue weighted by atomic mass is 16.3. The largest absolute Gasteiger partial charge is 0.390 e. The van der Waals surface area contributed by atoms with Gasteiger partial charge in [0.05, 0.1) is 23.9 Å². The fourth-order valence-corrected chi connectivity index (χ4v) is 6.61. The number of aliphatic hydroxyl groups excluding tert-OH is 1. The predicted octanol–water partition coefficient (Wildman–Crippen LogP) is 7.62. The van der Waals surface area contributed by atoms with Gasteiger partial charge in [-0.1, -0.05) is 115 Å². The van der Waals surface area contributed by atoms with E-state index in [-0.39, 0.29) is 0 Å². The maximum atomic E-state index is 11.7. The van der Waals surface area contributed by atoms with Crippen LogP contribution >= 0.6 is 0 Å². The van der Waals surface area contributed by atoms with E-state index in [0.29, 0.717) is 13.1 Å². The molecule has 0 unspecified atom stereocenters. The molecule has 4 heteroatoms. The maximum Gasteiger partial charge on any atom is 0.0846 e. The molecule has 0 saturated carbocycles. The Kier molecular flexibility index (Phi) is 7.25. The van der Waals surface area contributed by atoms with Gasteiger partial charge in [0.2, 0.25) is 0 Å². The van der Waals surface area contributed by atoms with Gasteiger partial charge in [0.15, 0.2) is 0 Å². The average molecular weight is 552 g/mol. The molecule has 1 aromatic heterocycles. The minimum atomic E-state index is -0.503. The molecule has 0 radical (unpaired) electrons. The number of aromatic nitrogens is 1. The van der Waals surface area contributed by atoms with E-state index < -0.39 is 6.10 Å². The van der Waals surface area contributed by atoms with Crippen LogP contribution in [0.5, 0.6) is 0 Å². The third kappa shape index (κ3) is 5.09. The number of nitrogens with zero attached hydrogens (tertiary/aromatic N) is 3. The van der Waals surface area contributed by atoms with E-state index in [1.807, 2.05) is 0 Å². The summed E-state index contributed by atoms with van der Waals surface area (Å²) in [7, 11) is 0. The maximum absolute atomic E-state index is 11.7. The number of aliphatic hydroxyl groups is 1. The molecule has 2 heterocycles. The van der Waals surface area contributed by atoms with Gasteiger partial charge < -0.3 is 14.6 Å². The summed E-state index contributed by atoms with van der Waals surface area (Å²) >= 11 is 0. The van der Waals surface area contributed by atoms with Gasteiger partial charge in [0.25, 0.3) is 0 Å². The molecule has 1 aliphatic rings. The van der Waals surface area contributed by atoms with Crippen LogP contribution in [0.15, 0.2) is 121 Å². The van der Waals surface area contributed by atoms with Crippen LogP contribution in [-0.2, 0) is 6.54 Å². The van der Waals surface area contributed by atoms with E-state index >= 15 is 0 Å². The standard InChI is InChI=1S/C38H37N3O/c1-28-16-19-32(20-17-28)40-24-22-39(23-25-40)26-33(42)27-41-37(31-13-6-3-7-14-31)36(30-11-4-2-5-12-30)35-21-18-29-10-8-9-15-34(29)38(35)41/h2-21,33,42H,22-27H2,1H3/t33-/m1/s1. The zero-order valence-electron chi connectivity index (χ0n) is 24.2. The Morgan fingerprint density at radius 1 is 0.619 bits per heavy atom. The quantitative estimate of drug-likeness (QED) is 0.221. The lowest BCUT2D eigenvalue weighted by Crippen LogP contribution is -2.49. The summed E-state index contributed by atoms with van der Waals surface area (Å²) in [4.78, 5) is 4.87. The number of anilines is 1. The zero-order valence-corrected chi connectivity index (χ0v) is 24.2. The minimum absolute atomic E-state index is 0.503. The zero-order chi connectivity index (χ0) is 28.5. The number of β-amino-alcohol motifs (C(OH)–C–C–N with tert-alkyl or cyclic N) is 1. The van der Waals surface area contributed by atoms with Gasteiger partial charge in [-0.3, -0.25) is 4.90 Å². The number of hydrogen-bond acceptors (Lipinski definition) is 3. The molecule has 1 aliphatic heterocycles. The highest BCUT2D eigenvalue weighted by Gasteiger charge is 2.25. The lowest BCUT2D eigenvalue weighted by atomic mass is 9.97. The second-order valence-electron chi connectivity index (χ2n) is 11.5. The molecule has 42 heavy (non-hydrogen) atoms. The molecule has 0 aliphatic carbocycles. The van der Waals surface area contributed by atoms with E-state index in [0.717, 1.165) is 37.4 Å². The van der Waals surface area contributed by atoms with Crippen LogP contribution in [0.4, 0.5) is 5.69 Å². The van der Waals surface area contributed by atoms with Crippen molar-refractivity contribution in [2.75, 3.05) is 37.6 Å². The summed E-state index contributed by atoms with van der Waals surface area (Å²) in [5.41, 5.74) is 8.50. The first-order valence-electron chi connectivity index (χ1n) is 15.0. The number of benzene rings is 5. The molecular formula is C38H37N3O. The van der Waals surface area contributed by atoms with Crippen molar-refractivity contribution in [2.45, 2.75) is 19.6 Å². The molecule has 4 nitrogen and oxygen atoms in total. The van der Waals surface area contributed by atoms with Crippen molar-refractivity contribution in [1.29, 1.82) is 0 Å². The van der Waals surface area contributed by atoms with E-state index in [4.69, 9.17) is 0 Å². The van der Waals surface area contributed by atoms with Gasteiger partial charge in [-0.05, 0) is 35.6 Å². The van der Waals surface area contributed by atoms with E-state index in [9.17, 15) is 5.11 Å². The van der Waals surface area contributed by atoms with Crippen LogP contribution in [0.2, 0.25) is 0 Å². The van der Waals surface area contributed by atoms with Crippen LogP contribution in [0.25, 0.3) is 44.1 Å². The Morgan fingerprint density at radius 2 is 1.26 bits per heavy atom. The lowest BCUT2D eigenvalue weighted by Gasteiger charge is -2.37. The van der Waals surface area contributed by atoms with Crippen molar-refractivity contribution in [3.8, 4) is 22.4 Å². The topological polar surface area (TPSA) is 31.6 Å². The van der Waals surface area contributed by atoms with Crippen molar-refractivity contribution >= 4 is 27.4 Å². The SMILES string of the molecule is Cc1ccc(N2CCN(C[C@@H](O)Cn3c(-c4ccccc4)c(-c4ccccc4)c4ccc5ccccc5c43)CC2)cc1. The third-order valence-electron chi connectivity index (χ3n) is 8.69. The highest BCUT2D eigenvalue weighted by Crippen LogP contribution is 2.43. The van der Waals surface area contributed by atoms with Crippen LogP contribution in [0.3, 0.4) is 0 Å². The van der Waals surface area contributed by atoms with Crippen molar-refractivity contribution in [3.63, 3.8) is 0 Å². The lowest BCUT2D eigenvalue weighted by molar-refractivity contribution is 0.0964. The van der Waals surface area contributed by atoms with Gasteiger partial charge in [0, 0.05) is 54.7 Å². The van der Waals surface area contributed by atoms with Crippen LogP contribution in [0.1, 0.15) is 5.56 Å². The smallest absolute Gasteiger partial charge is 0.0846 e. The van der Waals surface area contributed by atoms with Gasteiger partial charge >= 0.3 is 0 Å². The second kappa shape index (κ2) is 11.5. The van der Waals surface area contributed by atoms with Gasteiger partial charge in [0.1, 0.15) is 0 Å². The summed E-state index contributed by atoms with van der Waals surface area (Å²) in [6, 6.07) is 43.3. The minimum Gasteiger partial charge on any atom is -0.390 e. The molecule has 1 fully saturated rings. The molecule has 1 atom stereocenters. The molecule has 0 spiro atoms. The fourth-order valence-electron chi connectivity index (χ4n) is 6.61. The molecular weight excluding hydrogens is 514 g/mol. The van der Waals surface area contributed by atoms with E-state index in [1.165, 1.54) is 44.1 Å². The number of aryl methyl sites for hydroxylation is 1. The van der Waals surface area contributed by atoms with Gasteiger partial charge in [-0.15, -0.1) is 0 Å². The Balaban J connectivity index is 1.25. The molecule has 7 rings (SSSR count). The van der Waals surface area contributed by atoms with Crippen molar-refractivity contribution in [2.24, 2.45) is 0 Å². The second-order valence-corrected chi connectivity index (χ2v) is 11.5. The predicted molar refractivity (Wildman–Crippen MR) is 176 cm³/mol. The number of piperazine rings is 1. The fraction of sp³-hybridized carbons (Fsp3) is 0.211. The monoisotopic (exact) mass is 551 g/mol. The van der Waals surface area contributed by atoms with Gasteiger partial charge in [-0.25, -0.2) is 0 Å². The number of hydrogen-bond donors (Lipinski definition) is 1. The van der Waals surface area contributed by atoms with Gasteiger partial charge in [-0.2, -0.15) is 0 Å².